The monoisotopic (exact) mass is 205 g/mol. The number of hydrogen-bond donors (Lipinski definition) is 0. The molecule has 78 valence electrons. The molecule has 0 amide bonds. The summed E-state index contributed by atoms with van der Waals surface area (Å²) in [5.74, 6) is 0.822. The molecule has 0 atom stereocenters. The smallest absolute Gasteiger partial charge is 0.212 e. The van der Waals surface area contributed by atoms with Crippen LogP contribution in [0.1, 0.15) is 32.6 Å². The first-order chi connectivity index (χ1) is 6.06. The molecule has 1 fully saturated rings. The molecule has 1 aliphatic rings. The minimum absolute atomic E-state index is 0.218. The molecule has 1 aliphatic carbocycles. The molecule has 1 rings (SSSR count). The highest BCUT2D eigenvalue weighted by Crippen LogP contribution is 2.25. The van der Waals surface area contributed by atoms with Gasteiger partial charge in [0.1, 0.15) is 0 Å². The van der Waals surface area contributed by atoms with Crippen LogP contribution in [0.3, 0.4) is 0 Å². The topological polar surface area (TPSA) is 37.4 Å². The summed E-state index contributed by atoms with van der Waals surface area (Å²) in [6.45, 7) is 2.41. The molecule has 0 unspecified atom stereocenters. The highest BCUT2D eigenvalue weighted by molar-refractivity contribution is 7.89. The lowest BCUT2D eigenvalue weighted by atomic mass is 10.1. The molecular weight excluding hydrogens is 186 g/mol. The zero-order chi connectivity index (χ0) is 9.90. The van der Waals surface area contributed by atoms with E-state index in [4.69, 9.17) is 0 Å². The molecule has 0 saturated heterocycles. The molecule has 0 aromatic rings. The van der Waals surface area contributed by atoms with E-state index in [-0.39, 0.29) is 5.75 Å². The average molecular weight is 205 g/mol. The third kappa shape index (κ3) is 2.95. The summed E-state index contributed by atoms with van der Waals surface area (Å²) < 4.78 is 24.3. The molecule has 0 spiro atoms. The van der Waals surface area contributed by atoms with Gasteiger partial charge in [-0.2, -0.15) is 0 Å². The van der Waals surface area contributed by atoms with Crippen LogP contribution in [0, 0.1) is 5.92 Å². The van der Waals surface area contributed by atoms with Crippen molar-refractivity contribution in [2.45, 2.75) is 32.6 Å². The Hall–Kier alpha value is -0.0900. The third-order valence-electron chi connectivity index (χ3n) is 2.83. The Labute approximate surface area is 81.2 Å². The molecule has 13 heavy (non-hydrogen) atoms. The van der Waals surface area contributed by atoms with E-state index in [0.717, 1.165) is 6.54 Å². The van der Waals surface area contributed by atoms with Crippen LogP contribution in [0.15, 0.2) is 0 Å². The van der Waals surface area contributed by atoms with Gasteiger partial charge in [-0.15, -0.1) is 0 Å². The molecule has 0 heterocycles. The van der Waals surface area contributed by atoms with Crippen molar-refractivity contribution in [3.63, 3.8) is 0 Å². The van der Waals surface area contributed by atoms with Gasteiger partial charge in [0.2, 0.25) is 10.0 Å². The largest absolute Gasteiger partial charge is 0.213 e. The molecule has 0 aromatic heterocycles. The van der Waals surface area contributed by atoms with E-state index in [1.807, 2.05) is 0 Å². The predicted octanol–water partition coefficient (Wildman–Crippen LogP) is 1.46. The van der Waals surface area contributed by atoms with Crippen molar-refractivity contribution in [1.29, 1.82) is 0 Å². The van der Waals surface area contributed by atoms with Gasteiger partial charge in [0, 0.05) is 13.6 Å². The van der Waals surface area contributed by atoms with E-state index in [1.165, 1.54) is 30.0 Å². The zero-order valence-electron chi connectivity index (χ0n) is 8.49. The first kappa shape index (κ1) is 11.0. The minimum Gasteiger partial charge on any atom is -0.212 e. The van der Waals surface area contributed by atoms with Gasteiger partial charge in [0.15, 0.2) is 0 Å². The lowest BCUT2D eigenvalue weighted by molar-refractivity contribution is 0.388. The Bertz CT molecular complexity index is 242. The Morgan fingerprint density at radius 2 is 1.85 bits per heavy atom. The second kappa shape index (κ2) is 4.42. The van der Waals surface area contributed by atoms with Crippen LogP contribution < -0.4 is 0 Å². The van der Waals surface area contributed by atoms with Gasteiger partial charge in [-0.25, -0.2) is 12.7 Å². The van der Waals surface area contributed by atoms with Gasteiger partial charge in [0.25, 0.3) is 0 Å². The maximum Gasteiger partial charge on any atom is 0.213 e. The fourth-order valence-electron chi connectivity index (χ4n) is 1.89. The number of nitrogens with zero attached hydrogens (tertiary/aromatic N) is 1. The van der Waals surface area contributed by atoms with Crippen LogP contribution in [0.25, 0.3) is 0 Å². The van der Waals surface area contributed by atoms with Crippen molar-refractivity contribution < 1.29 is 8.42 Å². The van der Waals surface area contributed by atoms with Crippen LogP contribution in [-0.4, -0.2) is 32.1 Å². The molecule has 4 heteroatoms. The molecule has 0 aliphatic heterocycles. The van der Waals surface area contributed by atoms with E-state index >= 15 is 0 Å². The van der Waals surface area contributed by atoms with Gasteiger partial charge in [-0.1, -0.05) is 12.8 Å². The van der Waals surface area contributed by atoms with E-state index < -0.39 is 10.0 Å². The maximum atomic E-state index is 11.4. The fraction of sp³-hybridized carbons (Fsp3) is 1.00. The Kier molecular flexibility index (Phi) is 3.74. The maximum absolute atomic E-state index is 11.4. The van der Waals surface area contributed by atoms with Crippen molar-refractivity contribution in [2.24, 2.45) is 5.92 Å². The van der Waals surface area contributed by atoms with Crippen molar-refractivity contribution >= 4 is 10.0 Å². The van der Waals surface area contributed by atoms with E-state index in [0.29, 0.717) is 5.92 Å². The number of hydrogen-bond acceptors (Lipinski definition) is 2. The molecular formula is C9H19NO2S. The normalized spacial score (nSPS) is 19.9. The van der Waals surface area contributed by atoms with Crippen molar-refractivity contribution in [2.75, 3.05) is 19.3 Å². The molecule has 0 aromatic carbocycles. The average Bonchev–Trinajstić information content (AvgIpc) is 2.57. The van der Waals surface area contributed by atoms with Crippen molar-refractivity contribution in [3.05, 3.63) is 0 Å². The summed E-state index contributed by atoms with van der Waals surface area (Å²) in [5, 5.41) is 0. The highest BCUT2D eigenvalue weighted by atomic mass is 32.2. The standard InChI is InChI=1S/C9H19NO2S/c1-3-13(11,12)10(2)8-9-6-4-5-7-9/h9H,3-8H2,1-2H3. The van der Waals surface area contributed by atoms with Gasteiger partial charge < -0.3 is 0 Å². The Morgan fingerprint density at radius 3 is 2.31 bits per heavy atom. The van der Waals surface area contributed by atoms with Crippen LogP contribution in [-0.2, 0) is 10.0 Å². The van der Waals surface area contributed by atoms with Crippen LogP contribution >= 0.6 is 0 Å². The Balaban J connectivity index is 2.44. The summed E-state index contributed by atoms with van der Waals surface area (Å²) in [6, 6.07) is 0. The zero-order valence-corrected chi connectivity index (χ0v) is 9.31. The molecule has 0 radical (unpaired) electrons. The summed E-state index contributed by atoms with van der Waals surface area (Å²) in [5.41, 5.74) is 0. The number of sulfonamides is 1. The summed E-state index contributed by atoms with van der Waals surface area (Å²) in [7, 11) is -1.26. The van der Waals surface area contributed by atoms with E-state index in [2.05, 4.69) is 0 Å². The summed E-state index contributed by atoms with van der Waals surface area (Å²) in [4.78, 5) is 0. The molecule has 3 nitrogen and oxygen atoms in total. The van der Waals surface area contributed by atoms with Crippen LogP contribution in [0.5, 0.6) is 0 Å². The summed E-state index contributed by atoms with van der Waals surface area (Å²) in [6.07, 6.45) is 4.93. The second-order valence-corrected chi connectivity index (χ2v) is 6.20. The van der Waals surface area contributed by atoms with Crippen molar-refractivity contribution in [1.82, 2.24) is 4.31 Å². The van der Waals surface area contributed by atoms with Gasteiger partial charge in [0.05, 0.1) is 5.75 Å². The lowest BCUT2D eigenvalue weighted by Gasteiger charge is -2.19. The second-order valence-electron chi connectivity index (χ2n) is 3.83. The molecule has 1 saturated carbocycles. The van der Waals surface area contributed by atoms with Gasteiger partial charge in [-0.3, -0.25) is 0 Å². The summed E-state index contributed by atoms with van der Waals surface area (Å²) >= 11 is 0. The quantitative estimate of drug-likeness (QED) is 0.697. The minimum atomic E-state index is -2.95. The van der Waals surface area contributed by atoms with Crippen molar-refractivity contribution in [3.8, 4) is 0 Å². The SMILES string of the molecule is CCS(=O)(=O)N(C)CC1CCCC1. The van der Waals surface area contributed by atoms with Gasteiger partial charge >= 0.3 is 0 Å². The predicted molar refractivity (Wildman–Crippen MR) is 54.0 cm³/mol. The molecule has 0 N–H and O–H groups in total. The Morgan fingerprint density at radius 1 is 1.31 bits per heavy atom. The van der Waals surface area contributed by atoms with E-state index in [9.17, 15) is 8.42 Å². The first-order valence-electron chi connectivity index (χ1n) is 5.00. The lowest BCUT2D eigenvalue weighted by Crippen LogP contribution is -2.32. The van der Waals surface area contributed by atoms with Crippen LogP contribution in [0.4, 0.5) is 0 Å². The molecule has 0 bridgehead atoms. The fourth-order valence-corrected chi connectivity index (χ4v) is 2.77. The van der Waals surface area contributed by atoms with Gasteiger partial charge in [-0.05, 0) is 25.7 Å². The third-order valence-corrected chi connectivity index (χ3v) is 4.66. The number of rotatable bonds is 4. The first-order valence-corrected chi connectivity index (χ1v) is 6.61. The highest BCUT2D eigenvalue weighted by Gasteiger charge is 2.22. The van der Waals surface area contributed by atoms with Crippen LogP contribution in [0.2, 0.25) is 0 Å². The van der Waals surface area contributed by atoms with E-state index in [1.54, 1.807) is 14.0 Å².